The fourth-order valence-corrected chi connectivity index (χ4v) is 2.65. The van der Waals surface area contributed by atoms with Gasteiger partial charge in [-0.15, -0.1) is 23.7 Å². The summed E-state index contributed by atoms with van der Waals surface area (Å²) in [6.07, 6.45) is 2.46. The summed E-state index contributed by atoms with van der Waals surface area (Å²) in [5.74, 6) is -0.0823. The van der Waals surface area contributed by atoms with Gasteiger partial charge in [-0.3, -0.25) is 9.78 Å². The predicted molar refractivity (Wildman–Crippen MR) is 84.3 cm³/mol. The number of nitrogens with two attached hydrogens (primary N) is 1. The molecule has 0 radical (unpaired) electrons. The Hall–Kier alpha value is -1.43. The zero-order chi connectivity index (χ0) is 13.7. The number of carbonyl (C=O) groups excluding carboxylic acids is 1. The van der Waals surface area contributed by atoms with Crippen LogP contribution in [-0.2, 0) is 13.0 Å². The highest BCUT2D eigenvalue weighted by molar-refractivity contribution is 7.09. The van der Waals surface area contributed by atoms with Crippen LogP contribution in [0.4, 0.5) is 0 Å². The summed E-state index contributed by atoms with van der Waals surface area (Å²) < 4.78 is 0. The average molecular weight is 312 g/mol. The summed E-state index contributed by atoms with van der Waals surface area (Å²) in [6.45, 7) is 2.34. The second-order valence-electron chi connectivity index (χ2n) is 4.40. The van der Waals surface area contributed by atoms with Crippen LogP contribution in [0.2, 0.25) is 0 Å². The van der Waals surface area contributed by atoms with Crippen LogP contribution in [0, 0.1) is 0 Å². The summed E-state index contributed by atoms with van der Waals surface area (Å²) in [6, 6.07) is 7.62. The first kappa shape index (κ1) is 16.6. The maximum atomic E-state index is 12.1. The van der Waals surface area contributed by atoms with Gasteiger partial charge in [0.25, 0.3) is 5.91 Å². The molecule has 2 rings (SSSR count). The van der Waals surface area contributed by atoms with Crippen molar-refractivity contribution in [1.29, 1.82) is 0 Å². The van der Waals surface area contributed by atoms with Crippen molar-refractivity contribution >= 4 is 29.7 Å². The number of hydrogen-bond acceptors (Lipinski definition) is 4. The molecule has 0 bridgehead atoms. The minimum absolute atomic E-state index is 0. The van der Waals surface area contributed by atoms with Crippen molar-refractivity contribution in [3.05, 3.63) is 52.0 Å². The summed E-state index contributed by atoms with van der Waals surface area (Å²) in [5, 5.41) is 5.03. The molecule has 3 N–H and O–H groups in total. The van der Waals surface area contributed by atoms with E-state index in [1.807, 2.05) is 18.4 Å². The molecule has 0 saturated heterocycles. The van der Waals surface area contributed by atoms with Crippen molar-refractivity contribution in [3.63, 3.8) is 0 Å². The van der Waals surface area contributed by atoms with Crippen LogP contribution in [0.5, 0.6) is 0 Å². The largest absolute Gasteiger partial charge is 0.349 e. The van der Waals surface area contributed by atoms with E-state index in [9.17, 15) is 4.79 Å². The first-order valence-electron chi connectivity index (χ1n) is 6.17. The lowest BCUT2D eigenvalue weighted by atomic mass is 10.1. The number of thiophene rings is 1. The van der Waals surface area contributed by atoms with Crippen LogP contribution in [0.25, 0.3) is 0 Å². The molecule has 1 unspecified atom stereocenters. The number of nitrogens with one attached hydrogen (secondary N) is 1. The van der Waals surface area contributed by atoms with Crippen LogP contribution in [0.3, 0.4) is 0 Å². The lowest BCUT2D eigenvalue weighted by molar-refractivity contribution is 0.0940. The van der Waals surface area contributed by atoms with Gasteiger partial charge < -0.3 is 11.1 Å². The van der Waals surface area contributed by atoms with Crippen molar-refractivity contribution in [1.82, 2.24) is 10.3 Å². The Kier molecular flexibility index (Phi) is 6.64. The van der Waals surface area contributed by atoms with Crippen molar-refractivity contribution in [3.8, 4) is 0 Å². The smallest absolute Gasteiger partial charge is 0.251 e. The van der Waals surface area contributed by atoms with Gasteiger partial charge in [0.2, 0.25) is 0 Å². The second-order valence-corrected chi connectivity index (χ2v) is 5.43. The molecule has 6 heteroatoms. The van der Waals surface area contributed by atoms with Crippen molar-refractivity contribution in [2.75, 3.05) is 0 Å². The molecule has 0 fully saturated rings. The number of nitrogens with zero attached hydrogens (tertiary/aromatic N) is 1. The quantitative estimate of drug-likeness (QED) is 0.891. The number of rotatable bonds is 5. The minimum atomic E-state index is -0.0823. The van der Waals surface area contributed by atoms with Crippen LogP contribution < -0.4 is 11.1 Å². The lowest BCUT2D eigenvalue weighted by Crippen LogP contribution is -2.34. The molecule has 1 amide bonds. The molecule has 1 atom stereocenters. The summed E-state index contributed by atoms with van der Waals surface area (Å²) in [4.78, 5) is 17.4. The number of pyridine rings is 1. The summed E-state index contributed by atoms with van der Waals surface area (Å²) in [7, 11) is 0. The summed E-state index contributed by atoms with van der Waals surface area (Å²) in [5.41, 5.74) is 6.84. The molecule has 0 aliphatic heterocycles. The van der Waals surface area contributed by atoms with Gasteiger partial charge >= 0.3 is 0 Å². The Morgan fingerprint density at radius 2 is 2.30 bits per heavy atom. The highest BCUT2D eigenvalue weighted by atomic mass is 35.5. The van der Waals surface area contributed by atoms with E-state index in [2.05, 4.69) is 16.4 Å². The highest BCUT2D eigenvalue weighted by Gasteiger charge is 2.11. The number of aromatic nitrogens is 1. The third-order valence-electron chi connectivity index (χ3n) is 2.75. The zero-order valence-electron chi connectivity index (χ0n) is 11.2. The monoisotopic (exact) mass is 311 g/mol. The van der Waals surface area contributed by atoms with Gasteiger partial charge in [0, 0.05) is 35.6 Å². The van der Waals surface area contributed by atoms with E-state index in [0.717, 1.165) is 12.1 Å². The second kappa shape index (κ2) is 7.99. The molecular formula is C14H18ClN3OS. The summed E-state index contributed by atoms with van der Waals surface area (Å²) >= 11 is 1.70. The lowest BCUT2D eigenvalue weighted by Gasteiger charge is -2.13. The van der Waals surface area contributed by atoms with Gasteiger partial charge in [-0.1, -0.05) is 6.07 Å². The van der Waals surface area contributed by atoms with E-state index in [1.165, 1.54) is 4.88 Å². The molecule has 0 aromatic carbocycles. The van der Waals surface area contributed by atoms with Crippen molar-refractivity contribution in [2.45, 2.75) is 25.9 Å². The van der Waals surface area contributed by atoms with Gasteiger partial charge in [0.15, 0.2) is 0 Å². The number of amides is 1. The standard InChI is InChI=1S/C14H17N3OS.ClH/c1-10(7-13-3-2-6-19-13)17-14(18)11-4-5-16-12(8-11)9-15;/h2-6,8,10H,7,9,15H2,1H3,(H,17,18);1H. The molecule has 2 heterocycles. The molecule has 2 aromatic heterocycles. The van der Waals surface area contributed by atoms with Crippen LogP contribution in [0.15, 0.2) is 35.8 Å². The molecule has 0 aliphatic carbocycles. The van der Waals surface area contributed by atoms with Crippen LogP contribution in [-0.4, -0.2) is 16.9 Å². The van der Waals surface area contributed by atoms with Gasteiger partial charge in [0.1, 0.15) is 0 Å². The fourth-order valence-electron chi connectivity index (χ4n) is 1.82. The van der Waals surface area contributed by atoms with E-state index in [0.29, 0.717) is 12.1 Å². The van der Waals surface area contributed by atoms with E-state index < -0.39 is 0 Å². The zero-order valence-corrected chi connectivity index (χ0v) is 12.8. The molecule has 108 valence electrons. The van der Waals surface area contributed by atoms with Crippen molar-refractivity contribution < 1.29 is 4.79 Å². The molecule has 0 aliphatic rings. The SMILES string of the molecule is CC(Cc1cccs1)NC(=O)c1ccnc(CN)c1.Cl. The molecule has 0 spiro atoms. The average Bonchev–Trinajstić information content (AvgIpc) is 2.91. The highest BCUT2D eigenvalue weighted by Crippen LogP contribution is 2.11. The van der Waals surface area contributed by atoms with E-state index in [4.69, 9.17) is 5.73 Å². The van der Waals surface area contributed by atoms with Gasteiger partial charge in [-0.2, -0.15) is 0 Å². The van der Waals surface area contributed by atoms with Crippen LogP contribution in [0.1, 0.15) is 27.9 Å². The van der Waals surface area contributed by atoms with Gasteiger partial charge in [-0.05, 0) is 30.5 Å². The topological polar surface area (TPSA) is 68.0 Å². The third-order valence-corrected chi connectivity index (χ3v) is 3.65. The number of hydrogen-bond donors (Lipinski definition) is 2. The molecule has 0 saturated carbocycles. The fraction of sp³-hybridized carbons (Fsp3) is 0.286. The Labute approximate surface area is 128 Å². The Balaban J connectivity index is 0.00000200. The molecular weight excluding hydrogens is 294 g/mol. The Morgan fingerprint density at radius 1 is 1.50 bits per heavy atom. The van der Waals surface area contributed by atoms with E-state index in [1.54, 1.807) is 29.7 Å². The molecule has 4 nitrogen and oxygen atoms in total. The Bertz CT molecular complexity index is 545. The Morgan fingerprint density at radius 3 is 2.95 bits per heavy atom. The minimum Gasteiger partial charge on any atom is -0.349 e. The maximum absolute atomic E-state index is 12.1. The third kappa shape index (κ3) is 4.59. The molecule has 2 aromatic rings. The van der Waals surface area contributed by atoms with Crippen LogP contribution >= 0.6 is 23.7 Å². The first-order valence-corrected chi connectivity index (χ1v) is 7.05. The maximum Gasteiger partial charge on any atom is 0.251 e. The predicted octanol–water partition coefficient (Wildman–Crippen LogP) is 2.38. The normalized spacial score (nSPS) is 11.5. The first-order chi connectivity index (χ1) is 9.19. The van der Waals surface area contributed by atoms with Gasteiger partial charge in [0.05, 0.1) is 5.69 Å². The van der Waals surface area contributed by atoms with Gasteiger partial charge in [-0.25, -0.2) is 0 Å². The number of carbonyl (C=O) groups is 1. The van der Waals surface area contributed by atoms with E-state index in [-0.39, 0.29) is 24.4 Å². The van der Waals surface area contributed by atoms with E-state index >= 15 is 0 Å². The van der Waals surface area contributed by atoms with Crippen molar-refractivity contribution in [2.24, 2.45) is 5.73 Å². The number of halogens is 1. The molecule has 20 heavy (non-hydrogen) atoms.